The highest BCUT2D eigenvalue weighted by Crippen LogP contribution is 2.21. The van der Waals surface area contributed by atoms with E-state index in [4.69, 9.17) is 5.73 Å². The summed E-state index contributed by atoms with van der Waals surface area (Å²) in [5, 5.41) is 7.71. The fourth-order valence-electron chi connectivity index (χ4n) is 3.20. The highest BCUT2D eigenvalue weighted by molar-refractivity contribution is 5.94. The predicted molar refractivity (Wildman–Crippen MR) is 108 cm³/mol. The molecule has 0 atom stereocenters. The Labute approximate surface area is 170 Å². The van der Waals surface area contributed by atoms with Crippen molar-refractivity contribution >= 4 is 22.7 Å². The number of nitrogens with two attached hydrogens (primary N) is 1. The van der Waals surface area contributed by atoms with Crippen molar-refractivity contribution in [1.29, 1.82) is 0 Å². The molecule has 152 valence electrons. The Morgan fingerprint density at radius 2 is 2.03 bits per heavy atom. The van der Waals surface area contributed by atoms with E-state index in [-0.39, 0.29) is 18.3 Å². The first-order valence-corrected chi connectivity index (χ1v) is 9.21. The summed E-state index contributed by atoms with van der Waals surface area (Å²) >= 11 is 0. The molecule has 0 spiro atoms. The van der Waals surface area contributed by atoms with Crippen molar-refractivity contribution in [3.63, 3.8) is 0 Å². The van der Waals surface area contributed by atoms with Crippen molar-refractivity contribution in [2.45, 2.75) is 20.0 Å². The number of amides is 2. The number of pyridine rings is 1. The number of aromatic nitrogens is 4. The number of fused-ring (bicyclic) bond motifs is 1. The molecular weight excluding hydrogens is 387 g/mol. The molecule has 2 amide bonds. The standard InChI is InChI=1S/C21H19FN6O2/c1-12-5-25-19-4-18(22)14(3-17(12)19)8-26-21(30)15-2-13(6-24-7-15)10-28-11-16(9-27-28)20(23)29/h2-7,9,11,25H,8,10H2,1H3,(H2,23,29)(H,26,30). The molecule has 0 fully saturated rings. The van der Waals surface area contributed by atoms with Gasteiger partial charge in [0.15, 0.2) is 0 Å². The van der Waals surface area contributed by atoms with Crippen molar-refractivity contribution in [3.8, 4) is 0 Å². The number of aryl methyl sites for hydroxylation is 1. The molecule has 0 aliphatic rings. The van der Waals surface area contributed by atoms with Gasteiger partial charge in [0.2, 0.25) is 0 Å². The van der Waals surface area contributed by atoms with Crippen LogP contribution >= 0.6 is 0 Å². The second-order valence-electron chi connectivity index (χ2n) is 7.02. The summed E-state index contributed by atoms with van der Waals surface area (Å²) < 4.78 is 15.9. The minimum absolute atomic E-state index is 0.0522. The maximum absolute atomic E-state index is 14.3. The van der Waals surface area contributed by atoms with Crippen LogP contribution in [0.25, 0.3) is 10.9 Å². The Bertz CT molecular complexity index is 1260. The van der Waals surface area contributed by atoms with Crippen molar-refractivity contribution in [2.75, 3.05) is 0 Å². The normalized spacial score (nSPS) is 11.0. The Hall–Kier alpha value is -4.01. The fraction of sp³-hybridized carbons (Fsp3) is 0.143. The quantitative estimate of drug-likeness (QED) is 0.455. The number of nitrogens with zero attached hydrogens (tertiary/aromatic N) is 3. The zero-order valence-electron chi connectivity index (χ0n) is 16.1. The minimum atomic E-state index is -0.562. The number of nitrogens with one attached hydrogen (secondary N) is 2. The summed E-state index contributed by atoms with van der Waals surface area (Å²) in [6.45, 7) is 2.30. The Morgan fingerprint density at radius 1 is 1.20 bits per heavy atom. The average Bonchev–Trinajstić information content (AvgIpc) is 3.33. The third-order valence-electron chi connectivity index (χ3n) is 4.81. The number of H-pyrrole nitrogens is 1. The van der Waals surface area contributed by atoms with Gasteiger partial charge in [0, 0.05) is 47.8 Å². The number of halogens is 1. The third kappa shape index (κ3) is 3.90. The molecule has 0 aliphatic heterocycles. The highest BCUT2D eigenvalue weighted by atomic mass is 19.1. The first-order chi connectivity index (χ1) is 14.4. The minimum Gasteiger partial charge on any atom is -0.366 e. The summed E-state index contributed by atoms with van der Waals surface area (Å²) in [4.78, 5) is 30.8. The number of carbonyl (C=O) groups is 2. The van der Waals surface area contributed by atoms with Crippen molar-refractivity contribution in [2.24, 2.45) is 5.73 Å². The fourth-order valence-corrected chi connectivity index (χ4v) is 3.20. The van der Waals surface area contributed by atoms with Crippen LogP contribution in [0.2, 0.25) is 0 Å². The molecule has 0 saturated heterocycles. The molecule has 8 nitrogen and oxygen atoms in total. The lowest BCUT2D eigenvalue weighted by Crippen LogP contribution is -2.23. The summed E-state index contributed by atoms with van der Waals surface area (Å²) in [6.07, 6.45) is 7.76. The molecule has 0 radical (unpaired) electrons. The maximum Gasteiger partial charge on any atom is 0.253 e. The first kappa shape index (κ1) is 19.3. The molecule has 0 aliphatic carbocycles. The number of hydrogen-bond donors (Lipinski definition) is 3. The largest absolute Gasteiger partial charge is 0.366 e. The van der Waals surface area contributed by atoms with Crippen LogP contribution in [0, 0.1) is 12.7 Å². The van der Waals surface area contributed by atoms with E-state index < -0.39 is 5.91 Å². The molecule has 0 bridgehead atoms. The Balaban J connectivity index is 1.46. The number of rotatable bonds is 6. The van der Waals surface area contributed by atoms with E-state index in [1.165, 1.54) is 29.3 Å². The summed E-state index contributed by atoms with van der Waals surface area (Å²) in [5.41, 5.74) is 8.71. The lowest BCUT2D eigenvalue weighted by molar-refractivity contribution is 0.0949. The predicted octanol–water partition coefficient (Wildman–Crippen LogP) is 2.28. The van der Waals surface area contributed by atoms with E-state index in [0.717, 1.165) is 22.0 Å². The van der Waals surface area contributed by atoms with Gasteiger partial charge in [0.05, 0.1) is 23.9 Å². The summed E-state index contributed by atoms with van der Waals surface area (Å²) in [6, 6.07) is 4.83. The number of aromatic amines is 1. The lowest BCUT2D eigenvalue weighted by atomic mass is 10.1. The lowest BCUT2D eigenvalue weighted by Gasteiger charge is -2.08. The van der Waals surface area contributed by atoms with E-state index in [1.807, 2.05) is 13.1 Å². The molecule has 1 aromatic carbocycles. The van der Waals surface area contributed by atoms with Crippen molar-refractivity contribution in [1.82, 2.24) is 25.1 Å². The molecule has 3 aromatic heterocycles. The number of carbonyl (C=O) groups excluding carboxylic acids is 2. The second kappa shape index (κ2) is 7.78. The molecule has 0 saturated carbocycles. The van der Waals surface area contributed by atoms with Gasteiger partial charge in [-0.05, 0) is 36.2 Å². The van der Waals surface area contributed by atoms with Crippen molar-refractivity contribution in [3.05, 3.63) is 82.8 Å². The van der Waals surface area contributed by atoms with Gasteiger partial charge in [-0.3, -0.25) is 19.3 Å². The van der Waals surface area contributed by atoms with Gasteiger partial charge in [0.1, 0.15) is 5.82 Å². The van der Waals surface area contributed by atoms with Crippen LogP contribution in [0.3, 0.4) is 0 Å². The van der Waals surface area contributed by atoms with E-state index in [1.54, 1.807) is 18.3 Å². The topological polar surface area (TPSA) is 119 Å². The Kier molecular flexibility index (Phi) is 5.01. The van der Waals surface area contributed by atoms with E-state index >= 15 is 0 Å². The van der Waals surface area contributed by atoms with Crippen LogP contribution in [-0.4, -0.2) is 31.6 Å². The smallest absolute Gasteiger partial charge is 0.253 e. The van der Waals surface area contributed by atoms with Crippen LogP contribution < -0.4 is 11.1 Å². The molecule has 30 heavy (non-hydrogen) atoms. The molecule has 4 rings (SSSR count). The third-order valence-corrected chi connectivity index (χ3v) is 4.81. The van der Waals surface area contributed by atoms with Gasteiger partial charge >= 0.3 is 0 Å². The SMILES string of the molecule is Cc1c[nH]c2cc(F)c(CNC(=O)c3cncc(Cn4cc(C(N)=O)cn4)c3)cc12. The van der Waals surface area contributed by atoms with Crippen molar-refractivity contribution < 1.29 is 14.0 Å². The monoisotopic (exact) mass is 406 g/mol. The van der Waals surface area contributed by atoms with E-state index in [2.05, 4.69) is 20.4 Å². The van der Waals surface area contributed by atoms with Crippen LogP contribution in [0.15, 0.2) is 49.2 Å². The van der Waals surface area contributed by atoms with Gasteiger partial charge in [-0.15, -0.1) is 0 Å². The number of benzene rings is 1. The molecule has 9 heteroatoms. The van der Waals surface area contributed by atoms with Crippen LogP contribution in [0.1, 0.15) is 37.4 Å². The average molecular weight is 406 g/mol. The van der Waals surface area contributed by atoms with Crippen LogP contribution in [0.4, 0.5) is 4.39 Å². The maximum atomic E-state index is 14.3. The summed E-state index contributed by atoms with van der Waals surface area (Å²) in [7, 11) is 0. The Morgan fingerprint density at radius 3 is 2.80 bits per heavy atom. The van der Waals surface area contributed by atoms with E-state index in [9.17, 15) is 14.0 Å². The van der Waals surface area contributed by atoms with Gasteiger partial charge < -0.3 is 16.0 Å². The molecule has 4 N–H and O–H groups in total. The van der Waals surface area contributed by atoms with Gasteiger partial charge in [-0.1, -0.05) is 0 Å². The molecule has 0 unspecified atom stereocenters. The zero-order chi connectivity index (χ0) is 21.3. The summed E-state index contributed by atoms with van der Waals surface area (Å²) in [5.74, 6) is -1.32. The number of hydrogen-bond acceptors (Lipinski definition) is 4. The van der Waals surface area contributed by atoms with Gasteiger partial charge in [-0.2, -0.15) is 5.10 Å². The first-order valence-electron chi connectivity index (χ1n) is 9.21. The second-order valence-corrected chi connectivity index (χ2v) is 7.02. The molecular formula is C21H19FN6O2. The van der Waals surface area contributed by atoms with Crippen LogP contribution in [-0.2, 0) is 13.1 Å². The zero-order valence-corrected chi connectivity index (χ0v) is 16.1. The van der Waals surface area contributed by atoms with Crippen LogP contribution in [0.5, 0.6) is 0 Å². The van der Waals surface area contributed by atoms with Gasteiger partial charge in [0.25, 0.3) is 11.8 Å². The highest BCUT2D eigenvalue weighted by Gasteiger charge is 2.12. The van der Waals surface area contributed by atoms with Gasteiger partial charge in [-0.25, -0.2) is 4.39 Å². The van der Waals surface area contributed by atoms with E-state index in [0.29, 0.717) is 23.2 Å². The molecule has 4 aromatic rings. The number of primary amides is 1. The molecule has 3 heterocycles.